The van der Waals surface area contributed by atoms with E-state index in [2.05, 4.69) is 41.4 Å². The zero-order valence-corrected chi connectivity index (χ0v) is 12.3. The lowest BCUT2D eigenvalue weighted by Gasteiger charge is -2.29. The molecule has 104 valence electrons. The molecule has 1 saturated heterocycles. The van der Waals surface area contributed by atoms with Crippen LogP contribution in [0.1, 0.15) is 25.3 Å². The van der Waals surface area contributed by atoms with Crippen LogP contribution in [-0.2, 0) is 11.2 Å². The highest BCUT2D eigenvalue weighted by atomic mass is 32.1. The van der Waals surface area contributed by atoms with Crippen LogP contribution in [0.4, 0.5) is 5.69 Å². The molecule has 0 aliphatic carbocycles. The van der Waals surface area contributed by atoms with Crippen LogP contribution in [0.5, 0.6) is 0 Å². The molecule has 2 rings (SSSR count). The van der Waals surface area contributed by atoms with E-state index in [1.165, 1.54) is 18.4 Å². The van der Waals surface area contributed by atoms with Crippen molar-refractivity contribution in [1.82, 2.24) is 4.90 Å². The van der Waals surface area contributed by atoms with Gasteiger partial charge in [0, 0.05) is 18.8 Å². The summed E-state index contributed by atoms with van der Waals surface area (Å²) in [5.74, 6) is 0. The van der Waals surface area contributed by atoms with Crippen molar-refractivity contribution in [1.29, 1.82) is 0 Å². The van der Waals surface area contributed by atoms with Crippen molar-refractivity contribution in [3.63, 3.8) is 0 Å². The first-order valence-electron chi connectivity index (χ1n) is 7.02. The maximum Gasteiger partial charge on any atom is 0.173 e. The van der Waals surface area contributed by atoms with Gasteiger partial charge in [0.1, 0.15) is 0 Å². The summed E-state index contributed by atoms with van der Waals surface area (Å²) in [6, 6.07) is 8.58. The lowest BCUT2D eigenvalue weighted by atomic mass is 10.1. The number of morpholine rings is 1. The van der Waals surface area contributed by atoms with Crippen LogP contribution < -0.4 is 5.32 Å². The van der Waals surface area contributed by atoms with E-state index in [9.17, 15) is 0 Å². The van der Waals surface area contributed by atoms with Gasteiger partial charge in [-0.25, -0.2) is 0 Å². The molecule has 0 radical (unpaired) electrons. The predicted molar refractivity (Wildman–Crippen MR) is 83.7 cm³/mol. The average molecular weight is 278 g/mol. The molecule has 0 bridgehead atoms. The number of nitrogens with zero attached hydrogens (tertiary/aromatic N) is 1. The molecule has 1 aliphatic rings. The van der Waals surface area contributed by atoms with Crippen LogP contribution in [0.3, 0.4) is 0 Å². The highest BCUT2D eigenvalue weighted by molar-refractivity contribution is 7.80. The van der Waals surface area contributed by atoms with Crippen LogP contribution in [0.15, 0.2) is 24.3 Å². The molecule has 1 aromatic carbocycles. The number of hydrogen-bond acceptors (Lipinski definition) is 2. The van der Waals surface area contributed by atoms with Crippen molar-refractivity contribution < 1.29 is 4.74 Å². The summed E-state index contributed by atoms with van der Waals surface area (Å²) in [4.78, 5) is 2.16. The fourth-order valence-electron chi connectivity index (χ4n) is 2.10. The average Bonchev–Trinajstić information content (AvgIpc) is 2.47. The lowest BCUT2D eigenvalue weighted by Crippen LogP contribution is -2.42. The second-order valence-corrected chi connectivity index (χ2v) is 5.22. The van der Waals surface area contributed by atoms with Crippen molar-refractivity contribution >= 4 is 23.0 Å². The van der Waals surface area contributed by atoms with Gasteiger partial charge >= 0.3 is 0 Å². The zero-order chi connectivity index (χ0) is 13.5. The highest BCUT2D eigenvalue weighted by Crippen LogP contribution is 2.13. The molecule has 3 nitrogen and oxygen atoms in total. The molecule has 19 heavy (non-hydrogen) atoms. The molecule has 0 amide bonds. The molecule has 0 aromatic heterocycles. The van der Waals surface area contributed by atoms with Crippen LogP contribution in [0.25, 0.3) is 0 Å². The van der Waals surface area contributed by atoms with E-state index < -0.39 is 0 Å². The Morgan fingerprint density at radius 2 is 1.95 bits per heavy atom. The highest BCUT2D eigenvalue weighted by Gasteiger charge is 2.13. The maximum absolute atomic E-state index is 5.42. The van der Waals surface area contributed by atoms with Gasteiger partial charge in [0.15, 0.2) is 5.11 Å². The minimum Gasteiger partial charge on any atom is -0.378 e. The summed E-state index contributed by atoms with van der Waals surface area (Å²) in [5.41, 5.74) is 2.46. The molecule has 0 atom stereocenters. The Hall–Kier alpha value is -1.13. The Balaban J connectivity index is 1.86. The maximum atomic E-state index is 5.42. The van der Waals surface area contributed by atoms with E-state index in [4.69, 9.17) is 17.0 Å². The quantitative estimate of drug-likeness (QED) is 0.856. The van der Waals surface area contributed by atoms with Crippen LogP contribution in [-0.4, -0.2) is 36.3 Å². The molecule has 1 heterocycles. The third-order valence-corrected chi connectivity index (χ3v) is 3.68. The standard InChI is InChI=1S/C15H22N2OS/c1-2-3-4-13-5-7-14(8-6-13)16-15(19)17-9-11-18-12-10-17/h5-8H,2-4,9-12H2,1H3,(H,16,19). The van der Waals surface area contributed by atoms with E-state index in [0.717, 1.165) is 43.5 Å². The van der Waals surface area contributed by atoms with E-state index >= 15 is 0 Å². The van der Waals surface area contributed by atoms with E-state index in [1.54, 1.807) is 0 Å². The van der Waals surface area contributed by atoms with Crippen molar-refractivity contribution in [3.05, 3.63) is 29.8 Å². The van der Waals surface area contributed by atoms with Gasteiger partial charge in [-0.1, -0.05) is 25.5 Å². The number of aryl methyl sites for hydroxylation is 1. The first-order chi connectivity index (χ1) is 9.29. The smallest absolute Gasteiger partial charge is 0.173 e. The third kappa shape index (κ3) is 4.48. The second-order valence-electron chi connectivity index (χ2n) is 4.83. The van der Waals surface area contributed by atoms with Gasteiger partial charge in [-0.15, -0.1) is 0 Å². The van der Waals surface area contributed by atoms with Crippen LogP contribution >= 0.6 is 12.2 Å². The first-order valence-corrected chi connectivity index (χ1v) is 7.43. The van der Waals surface area contributed by atoms with E-state index in [0.29, 0.717) is 0 Å². The van der Waals surface area contributed by atoms with E-state index in [-0.39, 0.29) is 0 Å². The van der Waals surface area contributed by atoms with Gasteiger partial charge < -0.3 is 15.0 Å². The van der Waals surface area contributed by atoms with Gasteiger partial charge in [0.05, 0.1) is 13.2 Å². The molecule has 4 heteroatoms. The molecular weight excluding hydrogens is 256 g/mol. The Labute approximate surface area is 120 Å². The molecule has 1 fully saturated rings. The fraction of sp³-hybridized carbons (Fsp3) is 0.533. The number of rotatable bonds is 4. The fourth-order valence-corrected chi connectivity index (χ4v) is 2.41. The summed E-state index contributed by atoms with van der Waals surface area (Å²) in [6.45, 7) is 5.49. The topological polar surface area (TPSA) is 24.5 Å². The number of benzene rings is 1. The molecule has 1 N–H and O–H groups in total. The number of unbranched alkanes of at least 4 members (excludes halogenated alkanes) is 1. The number of nitrogens with one attached hydrogen (secondary N) is 1. The van der Waals surface area contributed by atoms with Gasteiger partial charge in [0.25, 0.3) is 0 Å². The third-order valence-electron chi connectivity index (χ3n) is 3.32. The summed E-state index contributed by atoms with van der Waals surface area (Å²) >= 11 is 5.42. The van der Waals surface area contributed by atoms with Crippen LogP contribution in [0.2, 0.25) is 0 Å². The molecule has 0 unspecified atom stereocenters. The summed E-state index contributed by atoms with van der Waals surface area (Å²) in [7, 11) is 0. The minimum atomic E-state index is 0.762. The Bertz CT molecular complexity index is 399. The van der Waals surface area contributed by atoms with Crippen LogP contribution in [0, 0.1) is 0 Å². The summed E-state index contributed by atoms with van der Waals surface area (Å²) < 4.78 is 5.32. The lowest BCUT2D eigenvalue weighted by molar-refractivity contribution is 0.0690. The van der Waals surface area contributed by atoms with Crippen molar-refractivity contribution in [2.45, 2.75) is 26.2 Å². The molecule has 0 saturated carbocycles. The van der Waals surface area contributed by atoms with Gasteiger partial charge in [-0.05, 0) is 42.8 Å². The van der Waals surface area contributed by atoms with Crippen molar-refractivity contribution in [2.75, 3.05) is 31.6 Å². The monoisotopic (exact) mass is 278 g/mol. The second kappa shape index (κ2) is 7.46. The number of thiocarbonyl (C=S) groups is 1. The predicted octanol–water partition coefficient (Wildman–Crippen LogP) is 3.06. The van der Waals surface area contributed by atoms with Crippen molar-refractivity contribution in [2.24, 2.45) is 0 Å². The normalized spacial score (nSPS) is 15.3. The largest absolute Gasteiger partial charge is 0.378 e. The zero-order valence-electron chi connectivity index (χ0n) is 11.5. The Morgan fingerprint density at radius 1 is 1.26 bits per heavy atom. The van der Waals surface area contributed by atoms with E-state index in [1.807, 2.05) is 0 Å². The summed E-state index contributed by atoms with van der Waals surface area (Å²) in [5, 5.41) is 4.09. The van der Waals surface area contributed by atoms with Gasteiger partial charge in [-0.2, -0.15) is 0 Å². The first kappa shape index (κ1) is 14.3. The number of ether oxygens (including phenoxy) is 1. The number of hydrogen-bond donors (Lipinski definition) is 1. The molecule has 1 aliphatic heterocycles. The van der Waals surface area contributed by atoms with Crippen molar-refractivity contribution in [3.8, 4) is 0 Å². The SMILES string of the molecule is CCCCc1ccc(NC(=S)N2CCOCC2)cc1. The Morgan fingerprint density at radius 3 is 2.58 bits per heavy atom. The molecular formula is C15H22N2OS. The molecule has 0 spiro atoms. The van der Waals surface area contributed by atoms with Gasteiger partial charge in [-0.3, -0.25) is 0 Å². The minimum absolute atomic E-state index is 0.762. The number of anilines is 1. The van der Waals surface area contributed by atoms with Gasteiger partial charge in [0.2, 0.25) is 0 Å². The Kier molecular flexibility index (Phi) is 5.61. The molecule has 1 aromatic rings. The summed E-state index contributed by atoms with van der Waals surface area (Å²) in [6.07, 6.45) is 3.64.